The predicted molar refractivity (Wildman–Crippen MR) is 93.5 cm³/mol. The third kappa shape index (κ3) is 3.89. The Balaban J connectivity index is 2.06. The van der Waals surface area contributed by atoms with Crippen molar-refractivity contribution >= 4 is 27.5 Å². The maximum Gasteiger partial charge on any atom is 0.265 e. The molecule has 1 atom stereocenters. The molecule has 0 bridgehead atoms. The van der Waals surface area contributed by atoms with Gasteiger partial charge < -0.3 is 10.1 Å². The van der Waals surface area contributed by atoms with Crippen LogP contribution >= 0.6 is 15.9 Å². The number of ether oxygens (including phenoxy) is 1. The van der Waals surface area contributed by atoms with Gasteiger partial charge in [0.1, 0.15) is 5.75 Å². The molecule has 22 heavy (non-hydrogen) atoms. The molecule has 0 saturated carbocycles. The molecule has 0 unspecified atom stereocenters. The molecule has 1 N–H and O–H groups in total. The van der Waals surface area contributed by atoms with E-state index < -0.39 is 6.10 Å². The summed E-state index contributed by atoms with van der Waals surface area (Å²) in [6.45, 7) is 7.75. The summed E-state index contributed by atoms with van der Waals surface area (Å²) < 4.78 is 6.81. The first-order chi connectivity index (χ1) is 10.4. The first-order valence-corrected chi connectivity index (χ1v) is 7.97. The molecule has 2 rings (SSSR count). The molecule has 116 valence electrons. The van der Waals surface area contributed by atoms with Crippen molar-refractivity contribution in [3.8, 4) is 5.75 Å². The van der Waals surface area contributed by atoms with Gasteiger partial charge in [0, 0.05) is 10.2 Å². The van der Waals surface area contributed by atoms with Gasteiger partial charge in [-0.15, -0.1) is 0 Å². The van der Waals surface area contributed by atoms with Crippen molar-refractivity contribution < 1.29 is 9.53 Å². The predicted octanol–water partition coefficient (Wildman–Crippen LogP) is 4.78. The van der Waals surface area contributed by atoms with Crippen molar-refractivity contribution in [1.29, 1.82) is 0 Å². The maximum absolute atomic E-state index is 12.3. The smallest absolute Gasteiger partial charge is 0.265 e. The van der Waals surface area contributed by atoms with E-state index in [1.54, 1.807) is 6.92 Å². The summed E-state index contributed by atoms with van der Waals surface area (Å²) in [5.74, 6) is 0.581. The second-order valence-corrected chi connectivity index (χ2v) is 6.27. The molecule has 2 aromatic carbocycles. The Morgan fingerprint density at radius 1 is 1.14 bits per heavy atom. The van der Waals surface area contributed by atoms with Crippen LogP contribution < -0.4 is 10.1 Å². The van der Waals surface area contributed by atoms with Crippen LogP contribution in [0.2, 0.25) is 0 Å². The van der Waals surface area contributed by atoms with Gasteiger partial charge >= 0.3 is 0 Å². The van der Waals surface area contributed by atoms with Crippen LogP contribution in [0.5, 0.6) is 5.75 Å². The highest BCUT2D eigenvalue weighted by molar-refractivity contribution is 9.10. The lowest BCUT2D eigenvalue weighted by Gasteiger charge is -2.17. The first-order valence-electron chi connectivity index (χ1n) is 7.18. The molecule has 0 saturated heterocycles. The molecular formula is C18H20BrNO2. The Labute approximate surface area is 139 Å². The number of halogens is 1. The largest absolute Gasteiger partial charge is 0.481 e. The number of hydrogen-bond acceptors (Lipinski definition) is 2. The lowest BCUT2D eigenvalue weighted by Crippen LogP contribution is -2.30. The Kier molecular flexibility index (Phi) is 5.24. The SMILES string of the molecule is Cc1cc(NC(=O)[C@H](C)Oc2cccc(C)c2C)ccc1Br. The fourth-order valence-corrected chi connectivity index (χ4v) is 2.31. The second-order valence-electron chi connectivity index (χ2n) is 5.41. The van der Waals surface area contributed by atoms with Crippen molar-refractivity contribution in [2.45, 2.75) is 33.8 Å². The number of anilines is 1. The minimum absolute atomic E-state index is 0.164. The highest BCUT2D eigenvalue weighted by Crippen LogP contribution is 2.23. The number of amides is 1. The number of nitrogens with one attached hydrogen (secondary N) is 1. The van der Waals surface area contributed by atoms with Gasteiger partial charge in [-0.2, -0.15) is 0 Å². The minimum atomic E-state index is -0.565. The van der Waals surface area contributed by atoms with Crippen LogP contribution in [0.3, 0.4) is 0 Å². The van der Waals surface area contributed by atoms with E-state index in [-0.39, 0.29) is 5.91 Å². The van der Waals surface area contributed by atoms with E-state index in [1.807, 2.05) is 57.2 Å². The molecule has 3 nitrogen and oxygen atoms in total. The van der Waals surface area contributed by atoms with E-state index in [0.717, 1.165) is 32.6 Å². The van der Waals surface area contributed by atoms with E-state index in [2.05, 4.69) is 21.2 Å². The summed E-state index contributed by atoms with van der Waals surface area (Å²) in [6, 6.07) is 11.5. The number of aryl methyl sites for hydroxylation is 2. The highest BCUT2D eigenvalue weighted by Gasteiger charge is 2.16. The Morgan fingerprint density at radius 2 is 1.86 bits per heavy atom. The molecule has 1 amide bonds. The first kappa shape index (κ1) is 16.6. The van der Waals surface area contributed by atoms with Crippen molar-refractivity contribution in [2.24, 2.45) is 0 Å². The van der Waals surface area contributed by atoms with Crippen molar-refractivity contribution in [1.82, 2.24) is 0 Å². The molecule has 0 fully saturated rings. The lowest BCUT2D eigenvalue weighted by molar-refractivity contribution is -0.122. The fraction of sp³-hybridized carbons (Fsp3) is 0.278. The van der Waals surface area contributed by atoms with Gasteiger partial charge in [0.05, 0.1) is 0 Å². The van der Waals surface area contributed by atoms with Crippen LogP contribution in [-0.4, -0.2) is 12.0 Å². The third-order valence-electron chi connectivity index (χ3n) is 3.65. The van der Waals surface area contributed by atoms with Crippen molar-refractivity contribution in [3.63, 3.8) is 0 Å². The lowest BCUT2D eigenvalue weighted by atomic mass is 10.1. The summed E-state index contributed by atoms with van der Waals surface area (Å²) in [7, 11) is 0. The van der Waals surface area contributed by atoms with Gasteiger partial charge in [-0.25, -0.2) is 0 Å². The average Bonchev–Trinajstić information content (AvgIpc) is 2.47. The second kappa shape index (κ2) is 6.97. The Hall–Kier alpha value is -1.81. The van der Waals surface area contributed by atoms with Crippen molar-refractivity contribution in [3.05, 3.63) is 57.6 Å². The normalized spacial score (nSPS) is 11.9. The molecule has 2 aromatic rings. The van der Waals surface area contributed by atoms with Crippen LogP contribution in [-0.2, 0) is 4.79 Å². The molecule has 4 heteroatoms. The van der Waals surface area contributed by atoms with E-state index in [4.69, 9.17) is 4.74 Å². The molecule has 0 radical (unpaired) electrons. The average molecular weight is 362 g/mol. The van der Waals surface area contributed by atoms with Gasteiger partial charge in [-0.1, -0.05) is 28.1 Å². The molecule has 0 heterocycles. The van der Waals surface area contributed by atoms with Crippen LogP contribution in [0, 0.1) is 20.8 Å². The van der Waals surface area contributed by atoms with E-state index in [9.17, 15) is 4.79 Å². The van der Waals surface area contributed by atoms with Crippen LogP contribution in [0.1, 0.15) is 23.6 Å². The molecule has 0 aliphatic carbocycles. The summed E-state index contributed by atoms with van der Waals surface area (Å²) in [5.41, 5.74) is 4.04. The van der Waals surface area contributed by atoms with E-state index in [1.165, 1.54) is 0 Å². The zero-order valence-corrected chi connectivity index (χ0v) is 14.8. The van der Waals surface area contributed by atoms with Gasteiger partial charge in [0.15, 0.2) is 6.10 Å². The topological polar surface area (TPSA) is 38.3 Å². The number of hydrogen-bond donors (Lipinski definition) is 1. The van der Waals surface area contributed by atoms with Gasteiger partial charge in [0.2, 0.25) is 0 Å². The maximum atomic E-state index is 12.3. The highest BCUT2D eigenvalue weighted by atomic mass is 79.9. The van der Waals surface area contributed by atoms with Gasteiger partial charge in [0.25, 0.3) is 5.91 Å². The summed E-state index contributed by atoms with van der Waals surface area (Å²) in [5, 5.41) is 2.88. The molecule has 0 aliphatic heterocycles. The number of carbonyl (C=O) groups excluding carboxylic acids is 1. The minimum Gasteiger partial charge on any atom is -0.481 e. The van der Waals surface area contributed by atoms with Crippen LogP contribution in [0.4, 0.5) is 5.69 Å². The number of carbonyl (C=O) groups is 1. The summed E-state index contributed by atoms with van der Waals surface area (Å²) in [6.07, 6.45) is -0.565. The van der Waals surface area contributed by atoms with Crippen LogP contribution in [0.15, 0.2) is 40.9 Å². The zero-order chi connectivity index (χ0) is 16.3. The van der Waals surface area contributed by atoms with Gasteiger partial charge in [-0.3, -0.25) is 4.79 Å². The molecule has 0 aliphatic rings. The zero-order valence-electron chi connectivity index (χ0n) is 13.2. The third-order valence-corrected chi connectivity index (χ3v) is 4.54. The number of rotatable bonds is 4. The summed E-state index contributed by atoms with van der Waals surface area (Å²) in [4.78, 5) is 12.3. The van der Waals surface area contributed by atoms with E-state index >= 15 is 0 Å². The fourth-order valence-electron chi connectivity index (χ4n) is 2.06. The van der Waals surface area contributed by atoms with Crippen LogP contribution in [0.25, 0.3) is 0 Å². The Bertz CT molecular complexity index is 697. The summed E-state index contributed by atoms with van der Waals surface area (Å²) >= 11 is 3.45. The van der Waals surface area contributed by atoms with Crippen molar-refractivity contribution in [2.75, 3.05) is 5.32 Å². The quantitative estimate of drug-likeness (QED) is 0.850. The molecule has 0 spiro atoms. The molecule has 0 aromatic heterocycles. The van der Waals surface area contributed by atoms with E-state index in [0.29, 0.717) is 0 Å². The standard InChI is InChI=1S/C18H20BrNO2/c1-11-6-5-7-17(13(11)3)22-14(4)18(21)20-15-8-9-16(19)12(2)10-15/h5-10,14H,1-4H3,(H,20,21)/t14-/m0/s1. The Morgan fingerprint density at radius 3 is 2.55 bits per heavy atom. The van der Waals surface area contributed by atoms with Gasteiger partial charge in [-0.05, 0) is 68.7 Å². The monoisotopic (exact) mass is 361 g/mol. The molecular weight excluding hydrogens is 342 g/mol. The number of benzene rings is 2.